The molecular weight excluding hydrogens is 407 g/mol. The monoisotopic (exact) mass is 411 g/mol. The van der Waals surface area contributed by atoms with E-state index >= 15 is 0 Å². The van der Waals surface area contributed by atoms with Crippen LogP contribution < -0.4 is 0 Å². The van der Waals surface area contributed by atoms with E-state index in [-0.39, 0.29) is 77.9 Å². The number of hydrogen-bond donors (Lipinski definition) is 0. The summed E-state index contributed by atoms with van der Waals surface area (Å²) in [4.78, 5) is 0. The van der Waals surface area contributed by atoms with E-state index < -0.39 is 0 Å². The van der Waals surface area contributed by atoms with Crippen LogP contribution >= 0.6 is 0 Å². The van der Waals surface area contributed by atoms with Crippen LogP contribution in [0.2, 0.25) is 6.82 Å². The van der Waals surface area contributed by atoms with Gasteiger partial charge in [-0.25, -0.2) is 0 Å². The molecular formula is CH3BCrFeNbW. The third-order valence-electron chi connectivity index (χ3n) is 0. The fourth-order valence-corrected chi connectivity index (χ4v) is 0. The predicted octanol–water partition coefficient (Wildman–Crippen LogP) is 0.193. The summed E-state index contributed by atoms with van der Waals surface area (Å²) >= 11 is 0. The third-order valence-corrected chi connectivity index (χ3v) is 0. The van der Waals surface area contributed by atoms with Gasteiger partial charge in [-0.05, 0) is 0 Å². The number of hydrogen-bond acceptors (Lipinski definition) is 0. The summed E-state index contributed by atoms with van der Waals surface area (Å²) in [6.45, 7) is 1.50. The molecule has 0 amide bonds. The third kappa shape index (κ3) is 31.1. The molecule has 0 aromatic rings. The van der Waals surface area contributed by atoms with Crippen LogP contribution in [0.5, 0.6) is 0 Å². The van der Waals surface area contributed by atoms with E-state index in [1.807, 2.05) is 0 Å². The Hall–Kier alpha value is 2.55. The van der Waals surface area contributed by atoms with Crippen LogP contribution in [0.4, 0.5) is 0 Å². The van der Waals surface area contributed by atoms with E-state index in [1.165, 1.54) is 6.82 Å². The standard InChI is InChI=1S/CH3B.Cr.Fe.Nb.W/c1-2;;;;/h1H3;;;;. The Labute approximate surface area is 91.4 Å². The van der Waals surface area contributed by atoms with Crippen LogP contribution in [0, 0.1) is 0 Å². The fourth-order valence-electron chi connectivity index (χ4n) is 0. The van der Waals surface area contributed by atoms with Crippen LogP contribution in [0.1, 0.15) is 0 Å². The van der Waals surface area contributed by atoms with Crippen molar-refractivity contribution < 1.29 is 77.9 Å². The van der Waals surface area contributed by atoms with Crippen molar-refractivity contribution in [2.45, 2.75) is 6.82 Å². The first-order chi connectivity index (χ1) is 1.00. The van der Waals surface area contributed by atoms with Gasteiger partial charge in [0.05, 0.1) is 7.85 Å². The minimum Gasteiger partial charge on any atom is -0.0999 e. The van der Waals surface area contributed by atoms with Crippen molar-refractivity contribution in [3.63, 3.8) is 0 Å². The molecule has 0 N–H and O–H groups in total. The molecule has 3 radical (unpaired) electrons. The van der Waals surface area contributed by atoms with Gasteiger partial charge in [0.15, 0.2) is 0 Å². The van der Waals surface area contributed by atoms with Gasteiger partial charge < -0.3 is 0 Å². The summed E-state index contributed by atoms with van der Waals surface area (Å²) in [5.41, 5.74) is 0. The summed E-state index contributed by atoms with van der Waals surface area (Å²) in [6, 6.07) is 0. The Morgan fingerprint density at radius 2 is 1.17 bits per heavy atom. The van der Waals surface area contributed by atoms with Gasteiger partial charge in [0.1, 0.15) is 0 Å². The molecule has 0 bridgehead atoms. The zero-order chi connectivity index (χ0) is 2.00. The van der Waals surface area contributed by atoms with Crippen LogP contribution in [-0.4, -0.2) is 7.85 Å². The quantitative estimate of drug-likeness (QED) is 0.501. The smallest absolute Gasteiger partial charge is 0.0606 e. The second-order valence-corrected chi connectivity index (χ2v) is 0. The van der Waals surface area contributed by atoms with Crippen molar-refractivity contribution in [1.82, 2.24) is 0 Å². The van der Waals surface area contributed by atoms with Crippen molar-refractivity contribution in [2.24, 2.45) is 0 Å². The molecule has 0 aliphatic heterocycles. The average Bonchev–Trinajstić information content (AvgIpc) is 1.00. The first-order valence-electron chi connectivity index (χ1n) is 0.577. The molecule has 0 fully saturated rings. The molecule has 0 atom stereocenters. The maximum absolute atomic E-state index is 4.50. The van der Waals surface area contributed by atoms with E-state index in [2.05, 4.69) is 7.85 Å². The molecule has 0 heterocycles. The van der Waals surface area contributed by atoms with E-state index in [4.69, 9.17) is 0 Å². The Balaban J connectivity index is -0.000000000833. The molecule has 0 saturated heterocycles. The largest absolute Gasteiger partial charge is 0.0999 e. The van der Waals surface area contributed by atoms with Gasteiger partial charge in [0, 0.05) is 77.9 Å². The van der Waals surface area contributed by atoms with Crippen molar-refractivity contribution in [3.05, 3.63) is 0 Å². The second-order valence-electron chi connectivity index (χ2n) is 0. The molecule has 0 rings (SSSR count). The maximum Gasteiger partial charge on any atom is 0.0606 e. The Kier molecular flexibility index (Phi) is 322. The van der Waals surface area contributed by atoms with Gasteiger partial charge in [0.25, 0.3) is 0 Å². The van der Waals surface area contributed by atoms with E-state index in [0.717, 1.165) is 0 Å². The zero-order valence-corrected chi connectivity index (χ0v) is 10.7. The van der Waals surface area contributed by atoms with Crippen LogP contribution in [0.25, 0.3) is 0 Å². The van der Waals surface area contributed by atoms with Crippen LogP contribution in [0.15, 0.2) is 0 Å². The molecule has 5 heteroatoms. The Morgan fingerprint density at radius 3 is 1.17 bits per heavy atom. The summed E-state index contributed by atoms with van der Waals surface area (Å²) in [5.74, 6) is 0. The fraction of sp³-hybridized carbons (Fsp3) is 1.00. The van der Waals surface area contributed by atoms with Gasteiger partial charge in [-0.3, -0.25) is 0 Å². The maximum atomic E-state index is 4.50. The molecule has 0 aliphatic rings. The molecule has 0 nitrogen and oxygen atoms in total. The minimum atomic E-state index is 0. The van der Waals surface area contributed by atoms with Gasteiger partial charge in [0.2, 0.25) is 0 Å². The summed E-state index contributed by atoms with van der Waals surface area (Å²) in [5, 5.41) is 0. The van der Waals surface area contributed by atoms with Crippen molar-refractivity contribution >= 4 is 7.85 Å². The molecule has 0 unspecified atom stereocenters. The first-order valence-corrected chi connectivity index (χ1v) is 0.577. The summed E-state index contributed by atoms with van der Waals surface area (Å²) in [7, 11) is 4.50. The molecule has 6 heavy (non-hydrogen) atoms. The minimum absolute atomic E-state index is 0. The number of rotatable bonds is 0. The predicted molar refractivity (Wildman–Crippen MR) is 11.6 cm³/mol. The van der Waals surface area contributed by atoms with Crippen LogP contribution in [-0.2, 0) is 77.9 Å². The first kappa shape index (κ1) is 38.7. The summed E-state index contributed by atoms with van der Waals surface area (Å²) in [6.07, 6.45) is 0. The molecule has 0 spiro atoms. The average molecular weight is 410 g/mol. The molecule has 0 saturated carbocycles. The SMILES string of the molecule is [B]C.[Cr].[Fe].[Nb].[W]. The van der Waals surface area contributed by atoms with Crippen LogP contribution in [0.3, 0.4) is 0 Å². The zero-order valence-electron chi connectivity index (χ0n) is 3.19. The van der Waals surface area contributed by atoms with E-state index in [9.17, 15) is 0 Å². The van der Waals surface area contributed by atoms with Gasteiger partial charge in [-0.1, -0.05) is 6.82 Å². The Bertz CT molecular complexity index is 15.5. The molecule has 0 aromatic carbocycles. The van der Waals surface area contributed by atoms with E-state index in [1.54, 1.807) is 0 Å². The second kappa shape index (κ2) is 49.9. The van der Waals surface area contributed by atoms with E-state index in [0.29, 0.717) is 0 Å². The molecule has 0 aromatic heterocycles. The molecule has 0 aliphatic carbocycles. The topological polar surface area (TPSA) is 0 Å². The summed E-state index contributed by atoms with van der Waals surface area (Å²) < 4.78 is 0. The van der Waals surface area contributed by atoms with Crippen molar-refractivity contribution in [2.75, 3.05) is 0 Å². The Morgan fingerprint density at radius 1 is 1.17 bits per heavy atom. The van der Waals surface area contributed by atoms with Gasteiger partial charge >= 0.3 is 0 Å². The van der Waals surface area contributed by atoms with Crippen molar-refractivity contribution in [1.29, 1.82) is 0 Å². The van der Waals surface area contributed by atoms with Crippen molar-refractivity contribution in [3.8, 4) is 0 Å². The van der Waals surface area contributed by atoms with Gasteiger partial charge in [-0.2, -0.15) is 0 Å². The normalized spacial score (nSPS) is 0.833. The van der Waals surface area contributed by atoms with Gasteiger partial charge in [-0.15, -0.1) is 0 Å². The molecule has 35 valence electrons.